The summed E-state index contributed by atoms with van der Waals surface area (Å²) < 4.78 is 0. The van der Waals surface area contributed by atoms with Crippen LogP contribution in [0.3, 0.4) is 0 Å². The van der Waals surface area contributed by atoms with Gasteiger partial charge in [0, 0.05) is 5.57 Å². The van der Waals surface area contributed by atoms with E-state index < -0.39 is 5.97 Å². The first-order valence-corrected chi connectivity index (χ1v) is 8.70. The minimum absolute atomic E-state index is 0.216. The number of unbranched alkanes of at least 4 members (excludes halogenated alkanes) is 3. The Hall–Kier alpha value is -2.86. The molecule has 2 rings (SSSR count). The molecule has 0 aromatic heterocycles. The summed E-state index contributed by atoms with van der Waals surface area (Å²) in [4.78, 5) is 11.6. The molecule has 0 fully saturated rings. The van der Waals surface area contributed by atoms with Crippen molar-refractivity contribution in [1.82, 2.24) is 0 Å². The van der Waals surface area contributed by atoms with Gasteiger partial charge in [-0.25, -0.2) is 4.79 Å². The lowest BCUT2D eigenvalue weighted by molar-refractivity contribution is -0.132. The molecule has 0 aliphatic carbocycles. The maximum absolute atomic E-state index is 11.6. The summed E-state index contributed by atoms with van der Waals surface area (Å²) in [5.74, 6) is -1.19. The van der Waals surface area contributed by atoms with Gasteiger partial charge in [0.15, 0.2) is 0 Å². The monoisotopic (exact) mass is 333 g/mol. The first-order chi connectivity index (χ1) is 12.2. The highest BCUT2D eigenvalue weighted by Crippen LogP contribution is 2.30. The number of aliphatic carboxylic acids is 1. The predicted octanol–water partition coefficient (Wildman–Crippen LogP) is 5.22. The summed E-state index contributed by atoms with van der Waals surface area (Å²) in [5.41, 5.74) is 2.96. The van der Waals surface area contributed by atoms with Gasteiger partial charge in [-0.05, 0) is 29.5 Å². The number of carboxylic acid groups (broad SMARTS) is 1. The van der Waals surface area contributed by atoms with Crippen LogP contribution in [0.2, 0.25) is 0 Å². The molecule has 3 nitrogen and oxygen atoms in total. The number of hydrogen-bond donors (Lipinski definition) is 1. The topological polar surface area (TPSA) is 61.1 Å². The Labute approximate surface area is 149 Å². The number of hydrogen-bond acceptors (Lipinski definition) is 2. The highest BCUT2D eigenvalue weighted by molar-refractivity contribution is 6.04. The molecule has 0 heterocycles. The summed E-state index contributed by atoms with van der Waals surface area (Å²) >= 11 is 0. The molecule has 0 spiro atoms. The van der Waals surface area contributed by atoms with Crippen LogP contribution in [0.4, 0.5) is 0 Å². The number of benzene rings is 2. The second-order valence-corrected chi connectivity index (χ2v) is 6.00. The van der Waals surface area contributed by atoms with Gasteiger partial charge in [0.05, 0.1) is 0 Å². The van der Waals surface area contributed by atoms with Crippen LogP contribution >= 0.6 is 0 Å². The lowest BCUT2D eigenvalue weighted by Crippen LogP contribution is -2.05. The van der Waals surface area contributed by atoms with Gasteiger partial charge in [-0.3, -0.25) is 0 Å². The number of carbonyl (C=O) groups is 1. The van der Waals surface area contributed by atoms with Crippen molar-refractivity contribution in [2.45, 2.75) is 39.0 Å². The summed E-state index contributed by atoms with van der Waals surface area (Å²) in [6, 6.07) is 19.0. The molecule has 0 saturated heterocycles. The Morgan fingerprint density at radius 1 is 1.00 bits per heavy atom. The van der Waals surface area contributed by atoms with Gasteiger partial charge >= 0.3 is 5.97 Å². The van der Waals surface area contributed by atoms with E-state index in [9.17, 15) is 15.2 Å². The van der Waals surface area contributed by atoms with Crippen LogP contribution in [0, 0.1) is 11.3 Å². The fourth-order valence-corrected chi connectivity index (χ4v) is 2.97. The van der Waals surface area contributed by atoms with Gasteiger partial charge in [0.25, 0.3) is 0 Å². The molecule has 0 aliphatic heterocycles. The van der Waals surface area contributed by atoms with E-state index in [1.54, 1.807) is 0 Å². The molecule has 3 heteroatoms. The molecule has 2 aromatic rings. The predicted molar refractivity (Wildman–Crippen MR) is 100 cm³/mol. The average Bonchev–Trinajstić information content (AvgIpc) is 2.64. The lowest BCUT2D eigenvalue weighted by atomic mass is 9.88. The number of aryl methyl sites for hydroxylation is 1. The third-order valence-electron chi connectivity index (χ3n) is 4.22. The Morgan fingerprint density at radius 3 is 2.32 bits per heavy atom. The fourth-order valence-electron chi connectivity index (χ4n) is 2.97. The van der Waals surface area contributed by atoms with Crippen LogP contribution in [-0.2, 0) is 11.2 Å². The molecule has 0 aliphatic rings. The summed E-state index contributed by atoms with van der Waals surface area (Å²) in [5, 5.41) is 19.0. The Kier molecular flexibility index (Phi) is 6.98. The van der Waals surface area contributed by atoms with E-state index in [1.807, 2.05) is 60.7 Å². The van der Waals surface area contributed by atoms with Crippen molar-refractivity contribution >= 4 is 11.5 Å². The highest BCUT2D eigenvalue weighted by Gasteiger charge is 2.19. The van der Waals surface area contributed by atoms with Gasteiger partial charge in [0.1, 0.15) is 11.6 Å². The van der Waals surface area contributed by atoms with E-state index in [4.69, 9.17) is 0 Å². The molecular formula is C22H23NO2. The van der Waals surface area contributed by atoms with Crippen LogP contribution in [0.15, 0.2) is 60.2 Å². The van der Waals surface area contributed by atoms with Crippen molar-refractivity contribution in [1.29, 1.82) is 5.26 Å². The minimum Gasteiger partial charge on any atom is -0.477 e. The summed E-state index contributed by atoms with van der Waals surface area (Å²) in [6.07, 6.45) is 5.46. The second kappa shape index (κ2) is 9.44. The van der Waals surface area contributed by atoms with Crippen molar-refractivity contribution in [3.8, 4) is 6.07 Å². The third kappa shape index (κ3) is 4.81. The zero-order valence-electron chi connectivity index (χ0n) is 14.5. The third-order valence-corrected chi connectivity index (χ3v) is 4.22. The molecule has 0 unspecified atom stereocenters. The highest BCUT2D eigenvalue weighted by atomic mass is 16.4. The summed E-state index contributed by atoms with van der Waals surface area (Å²) in [6.45, 7) is 2.18. The van der Waals surface area contributed by atoms with Crippen molar-refractivity contribution in [3.63, 3.8) is 0 Å². The van der Waals surface area contributed by atoms with Gasteiger partial charge < -0.3 is 5.11 Å². The first-order valence-electron chi connectivity index (χ1n) is 8.70. The van der Waals surface area contributed by atoms with Crippen molar-refractivity contribution in [3.05, 3.63) is 76.9 Å². The number of nitrogens with zero attached hydrogens (tertiary/aromatic N) is 1. The molecule has 2 aromatic carbocycles. The second-order valence-electron chi connectivity index (χ2n) is 6.00. The smallest absolute Gasteiger partial charge is 0.347 e. The van der Waals surface area contributed by atoms with Crippen molar-refractivity contribution < 1.29 is 9.90 Å². The van der Waals surface area contributed by atoms with E-state index in [0.717, 1.165) is 36.0 Å². The maximum atomic E-state index is 11.6. The summed E-state index contributed by atoms with van der Waals surface area (Å²) in [7, 11) is 0. The lowest BCUT2D eigenvalue weighted by Gasteiger charge is -2.15. The molecule has 0 atom stereocenters. The Morgan fingerprint density at radius 2 is 1.68 bits per heavy atom. The Balaban J connectivity index is 2.53. The average molecular weight is 333 g/mol. The van der Waals surface area contributed by atoms with E-state index in [-0.39, 0.29) is 5.57 Å². The van der Waals surface area contributed by atoms with Gasteiger partial charge in [-0.2, -0.15) is 5.26 Å². The molecule has 25 heavy (non-hydrogen) atoms. The van der Waals surface area contributed by atoms with Crippen LogP contribution in [-0.4, -0.2) is 11.1 Å². The van der Waals surface area contributed by atoms with Crippen LogP contribution < -0.4 is 0 Å². The number of nitriles is 1. The van der Waals surface area contributed by atoms with Gasteiger partial charge in [-0.1, -0.05) is 80.8 Å². The molecule has 0 amide bonds. The quantitative estimate of drug-likeness (QED) is 0.409. The number of rotatable bonds is 8. The standard InChI is InChI=1S/C22H23NO2/c1-2-3-4-6-11-17-12-9-10-15-19(17)21(20(16-23)22(24)25)18-13-7-5-8-14-18/h5,7-10,12-15H,2-4,6,11H2,1H3,(H,24,25). The fraction of sp³-hybridized carbons (Fsp3) is 0.273. The molecule has 0 saturated carbocycles. The van der Waals surface area contributed by atoms with Gasteiger partial charge in [-0.15, -0.1) is 0 Å². The maximum Gasteiger partial charge on any atom is 0.347 e. The van der Waals surface area contributed by atoms with E-state index in [2.05, 4.69) is 6.92 Å². The molecular weight excluding hydrogens is 310 g/mol. The largest absolute Gasteiger partial charge is 0.477 e. The van der Waals surface area contributed by atoms with Crippen LogP contribution in [0.1, 0.15) is 49.3 Å². The van der Waals surface area contributed by atoms with E-state index >= 15 is 0 Å². The van der Waals surface area contributed by atoms with Gasteiger partial charge in [0.2, 0.25) is 0 Å². The molecule has 0 radical (unpaired) electrons. The van der Waals surface area contributed by atoms with E-state index in [1.165, 1.54) is 12.8 Å². The first kappa shape index (κ1) is 18.5. The minimum atomic E-state index is -1.19. The van der Waals surface area contributed by atoms with Crippen LogP contribution in [0.5, 0.6) is 0 Å². The molecule has 1 N–H and O–H groups in total. The Bertz CT molecular complexity index is 785. The normalized spacial score (nSPS) is 11.5. The zero-order valence-corrected chi connectivity index (χ0v) is 14.5. The number of carboxylic acids is 1. The van der Waals surface area contributed by atoms with Crippen LogP contribution in [0.25, 0.3) is 5.57 Å². The van der Waals surface area contributed by atoms with E-state index in [0.29, 0.717) is 5.57 Å². The van der Waals surface area contributed by atoms with Crippen molar-refractivity contribution in [2.75, 3.05) is 0 Å². The SMILES string of the molecule is CCCCCCc1ccccc1C(=C(C#N)C(=O)O)c1ccccc1. The van der Waals surface area contributed by atoms with Crippen molar-refractivity contribution in [2.24, 2.45) is 0 Å². The zero-order chi connectivity index (χ0) is 18.1. The molecule has 0 bridgehead atoms. The molecule has 128 valence electrons.